The molecule has 2 aliphatic heterocycles. The average Bonchev–Trinajstić information content (AvgIpc) is 3.53. The van der Waals surface area contributed by atoms with E-state index in [1.54, 1.807) is 11.9 Å². The highest BCUT2D eigenvalue weighted by Gasteiger charge is 2.68. The molecule has 1 fully saturated rings. The molecular weight excluding hydrogens is 496 g/mol. The number of ether oxygens (including phenoxy) is 2. The quantitative estimate of drug-likeness (QED) is 0.211. The van der Waals surface area contributed by atoms with Crippen molar-refractivity contribution >= 4 is 11.4 Å². The van der Waals surface area contributed by atoms with Gasteiger partial charge in [-0.2, -0.15) is 10.5 Å². The molecule has 5 aromatic carbocycles. The Morgan fingerprint density at radius 1 is 0.700 bits per heavy atom. The zero-order valence-corrected chi connectivity index (χ0v) is 22.0. The Balaban J connectivity index is 1.55. The largest absolute Gasteiger partial charge is 0.497 e. The van der Waals surface area contributed by atoms with Gasteiger partial charge in [0, 0.05) is 23.4 Å². The molecule has 0 spiro atoms. The number of para-hydroxylation sites is 2. The van der Waals surface area contributed by atoms with Gasteiger partial charge in [0.15, 0.2) is 17.6 Å². The molecular formula is C34H28N4O2. The summed E-state index contributed by atoms with van der Waals surface area (Å²) < 4.78 is 12.7. The molecule has 2 heterocycles. The van der Waals surface area contributed by atoms with Crippen LogP contribution < -0.4 is 9.64 Å². The molecule has 7 rings (SSSR count). The maximum absolute atomic E-state index is 7.28. The van der Waals surface area contributed by atoms with Crippen molar-refractivity contribution in [3.63, 3.8) is 0 Å². The summed E-state index contributed by atoms with van der Waals surface area (Å²) in [7, 11) is 1.67. The molecule has 0 amide bonds. The van der Waals surface area contributed by atoms with Crippen molar-refractivity contribution in [2.24, 2.45) is 5.11 Å². The third-order valence-corrected chi connectivity index (χ3v) is 7.58. The first-order chi connectivity index (χ1) is 19.7. The number of benzene rings is 5. The fourth-order valence-corrected chi connectivity index (χ4v) is 5.76. The van der Waals surface area contributed by atoms with E-state index in [1.165, 1.54) is 0 Å². The zero-order chi connectivity index (χ0) is 27.0. The molecule has 0 aliphatic carbocycles. The number of rotatable bonds is 6. The first-order valence-corrected chi connectivity index (χ1v) is 13.3. The van der Waals surface area contributed by atoms with Gasteiger partial charge in [0.25, 0.3) is 0 Å². The maximum Gasteiger partial charge on any atom is 0.225 e. The lowest BCUT2D eigenvalue weighted by Gasteiger charge is -2.44. The van der Waals surface area contributed by atoms with E-state index in [4.69, 9.17) is 20.0 Å². The van der Waals surface area contributed by atoms with Crippen molar-refractivity contribution in [3.05, 3.63) is 168 Å². The van der Waals surface area contributed by atoms with E-state index in [9.17, 15) is 0 Å². The minimum Gasteiger partial charge on any atom is -0.497 e. The topological polar surface area (TPSA) is 51.2 Å². The first-order valence-electron chi connectivity index (χ1n) is 13.3. The molecule has 40 heavy (non-hydrogen) atoms. The molecule has 0 N–H and O–H groups in total. The summed E-state index contributed by atoms with van der Waals surface area (Å²) in [6, 6.07) is 48.9. The molecule has 196 valence electrons. The van der Waals surface area contributed by atoms with E-state index in [0.29, 0.717) is 0 Å². The van der Waals surface area contributed by atoms with E-state index in [0.717, 1.165) is 33.8 Å². The fourth-order valence-electron chi connectivity index (χ4n) is 5.76. The van der Waals surface area contributed by atoms with Crippen LogP contribution in [0.4, 0.5) is 11.4 Å². The van der Waals surface area contributed by atoms with Crippen molar-refractivity contribution in [2.45, 2.75) is 17.6 Å². The Bertz CT molecular complexity index is 1630. The van der Waals surface area contributed by atoms with Gasteiger partial charge >= 0.3 is 0 Å². The summed E-state index contributed by atoms with van der Waals surface area (Å²) in [5, 5.41) is 5.33. The van der Waals surface area contributed by atoms with Crippen LogP contribution in [0, 0.1) is 0 Å². The lowest BCUT2D eigenvalue weighted by atomic mass is 9.83. The maximum atomic E-state index is 7.28. The second kappa shape index (κ2) is 9.67. The smallest absolute Gasteiger partial charge is 0.225 e. The molecule has 0 radical (unpaired) electrons. The summed E-state index contributed by atoms with van der Waals surface area (Å²) in [6.07, 6.45) is -0.501. The van der Waals surface area contributed by atoms with E-state index < -0.39 is 17.6 Å². The van der Waals surface area contributed by atoms with Crippen LogP contribution in [0.1, 0.15) is 22.9 Å². The first kappa shape index (κ1) is 24.1. The van der Waals surface area contributed by atoms with Crippen LogP contribution >= 0.6 is 0 Å². The molecule has 0 unspecified atom stereocenters. The van der Waals surface area contributed by atoms with E-state index in [2.05, 4.69) is 41.3 Å². The highest BCUT2D eigenvalue weighted by molar-refractivity contribution is 5.61. The summed E-state index contributed by atoms with van der Waals surface area (Å²) in [6.45, 7) is 0. The number of anilines is 1. The Labute approximate surface area is 233 Å². The van der Waals surface area contributed by atoms with Crippen molar-refractivity contribution in [1.82, 2.24) is 0 Å². The summed E-state index contributed by atoms with van der Waals surface area (Å²) in [5.74, 6) is 0.786. The Hall–Kier alpha value is -4.94. The molecule has 0 bridgehead atoms. The second-order valence-electron chi connectivity index (χ2n) is 9.82. The van der Waals surface area contributed by atoms with Crippen LogP contribution in [0.25, 0.3) is 5.43 Å². The van der Waals surface area contributed by atoms with Crippen molar-refractivity contribution in [3.8, 4) is 5.75 Å². The van der Waals surface area contributed by atoms with Gasteiger partial charge in [-0.15, -0.1) is 4.81 Å². The Kier molecular flexibility index (Phi) is 5.83. The van der Waals surface area contributed by atoms with Gasteiger partial charge in [-0.1, -0.05) is 109 Å². The number of hydrogen-bond donors (Lipinski definition) is 0. The standard InChI is InChI=1S/C34H28N4O2/c1-39-31-24-22-26(23-25-31)32-37(29-18-10-4-11-19-29)33(27-14-6-2-7-15-27)34(40-32,28-16-8-3-9-17-28)36-38(35-33)30-20-12-5-13-21-30/h2-25,32H,1H3/t32-,33-,34+/m0/s1. The average molecular weight is 525 g/mol. The molecule has 3 atom stereocenters. The summed E-state index contributed by atoms with van der Waals surface area (Å²) in [4.78, 5) is 4.00. The van der Waals surface area contributed by atoms with Crippen molar-refractivity contribution in [1.29, 1.82) is 0 Å². The normalized spacial score (nSPS) is 23.3. The number of hydrogen-bond acceptors (Lipinski definition) is 4. The second-order valence-corrected chi connectivity index (χ2v) is 9.82. The number of nitrogens with zero attached hydrogens (tertiary/aromatic N) is 4. The molecule has 5 aromatic rings. The monoisotopic (exact) mass is 524 g/mol. The van der Waals surface area contributed by atoms with Crippen LogP contribution in [0.15, 0.2) is 151 Å². The van der Waals surface area contributed by atoms with E-state index >= 15 is 0 Å². The fraction of sp³-hybridized carbons (Fsp3) is 0.118. The number of methoxy groups -OCH3 is 1. The van der Waals surface area contributed by atoms with Crippen molar-refractivity contribution < 1.29 is 14.3 Å². The third-order valence-electron chi connectivity index (χ3n) is 7.58. The van der Waals surface area contributed by atoms with Gasteiger partial charge in [-0.25, -0.2) is 0 Å². The van der Waals surface area contributed by atoms with Crippen LogP contribution in [-0.4, -0.2) is 11.9 Å². The lowest BCUT2D eigenvalue weighted by molar-refractivity contribution is -0.462. The van der Waals surface area contributed by atoms with Gasteiger partial charge in [0.05, 0.1) is 7.11 Å². The highest BCUT2D eigenvalue weighted by atomic mass is 16.6. The SMILES string of the molecule is COc1ccc([C@@H]2O[C@@]3(c4ccccc4)N=[N+](c4ccccc4)[N-][C@@]3(c3ccccc3)N2c2ccccc2)cc1. The molecule has 2 aliphatic rings. The van der Waals surface area contributed by atoms with E-state index in [-0.39, 0.29) is 0 Å². The number of fused-ring (bicyclic) bond motifs is 1. The third kappa shape index (κ3) is 3.61. The zero-order valence-electron chi connectivity index (χ0n) is 22.0. The van der Waals surface area contributed by atoms with Gasteiger partial charge in [-0.3, -0.25) is 0 Å². The van der Waals surface area contributed by atoms with Crippen LogP contribution in [0.3, 0.4) is 0 Å². The van der Waals surface area contributed by atoms with Crippen molar-refractivity contribution in [2.75, 3.05) is 12.0 Å². The van der Waals surface area contributed by atoms with Gasteiger partial charge in [0.2, 0.25) is 5.69 Å². The van der Waals surface area contributed by atoms with Gasteiger partial charge in [0.1, 0.15) is 5.75 Å². The highest BCUT2D eigenvalue weighted by Crippen LogP contribution is 2.66. The van der Waals surface area contributed by atoms with Crippen LogP contribution in [0.2, 0.25) is 0 Å². The predicted octanol–water partition coefficient (Wildman–Crippen LogP) is 8.04. The lowest BCUT2D eigenvalue weighted by Crippen LogP contribution is -2.50. The summed E-state index contributed by atoms with van der Waals surface area (Å²) >= 11 is 0. The molecule has 6 heteroatoms. The Morgan fingerprint density at radius 3 is 1.85 bits per heavy atom. The molecule has 0 saturated carbocycles. The van der Waals surface area contributed by atoms with Crippen LogP contribution in [0.5, 0.6) is 5.75 Å². The number of azo groups is 1. The molecule has 1 saturated heterocycles. The van der Waals surface area contributed by atoms with Gasteiger partial charge in [-0.05, 0) is 35.4 Å². The predicted molar refractivity (Wildman–Crippen MR) is 154 cm³/mol. The molecule has 6 nitrogen and oxygen atoms in total. The summed E-state index contributed by atoms with van der Waals surface area (Å²) in [5.41, 5.74) is 7.90. The van der Waals surface area contributed by atoms with E-state index in [1.807, 2.05) is 109 Å². The minimum atomic E-state index is -1.20. The Morgan fingerprint density at radius 2 is 1.25 bits per heavy atom. The van der Waals surface area contributed by atoms with Gasteiger partial charge < -0.3 is 14.4 Å². The van der Waals surface area contributed by atoms with Crippen LogP contribution in [-0.2, 0) is 16.1 Å². The minimum absolute atomic E-state index is 0.501. The molecule has 0 aromatic heterocycles.